The van der Waals surface area contributed by atoms with Crippen molar-refractivity contribution in [2.45, 2.75) is 51.5 Å². The minimum atomic E-state index is 0.383. The fourth-order valence-electron chi connectivity index (χ4n) is 4.90. The van der Waals surface area contributed by atoms with E-state index in [2.05, 4.69) is 46.2 Å². The van der Waals surface area contributed by atoms with Crippen molar-refractivity contribution in [3.05, 3.63) is 65.7 Å². The molecule has 0 amide bonds. The number of hydrogen-bond donors (Lipinski definition) is 0. The van der Waals surface area contributed by atoms with Crippen LogP contribution in [-0.4, -0.2) is 36.9 Å². The Morgan fingerprint density at radius 2 is 1.59 bits per heavy atom. The molecule has 1 unspecified atom stereocenters. The van der Waals surface area contributed by atoms with E-state index >= 15 is 0 Å². The molecule has 0 saturated carbocycles. The first-order valence-electron chi connectivity index (χ1n) is 11.4. The van der Waals surface area contributed by atoms with E-state index in [4.69, 9.17) is 0 Å². The van der Waals surface area contributed by atoms with Gasteiger partial charge in [-0.2, -0.15) is 0 Å². The molecule has 0 aromatic heterocycles. The van der Waals surface area contributed by atoms with Crippen molar-refractivity contribution in [1.82, 2.24) is 4.90 Å². The van der Waals surface area contributed by atoms with Gasteiger partial charge in [0.2, 0.25) is 0 Å². The molecular weight excluding hydrogens is 356 g/mol. The Labute approximate surface area is 175 Å². The number of hydrogen-bond acceptors (Lipinski definition) is 3. The van der Waals surface area contributed by atoms with Gasteiger partial charge in [0, 0.05) is 44.7 Å². The lowest BCUT2D eigenvalue weighted by Gasteiger charge is -2.33. The van der Waals surface area contributed by atoms with Crippen LogP contribution in [0.4, 0.5) is 5.69 Å². The summed E-state index contributed by atoms with van der Waals surface area (Å²) >= 11 is 0. The third kappa shape index (κ3) is 5.93. The van der Waals surface area contributed by atoms with E-state index in [1.165, 1.54) is 56.4 Å². The van der Waals surface area contributed by atoms with Crippen LogP contribution in [-0.2, 0) is 17.8 Å². The second-order valence-electron chi connectivity index (χ2n) is 8.86. The molecule has 2 aliphatic heterocycles. The Morgan fingerprint density at radius 3 is 2.34 bits per heavy atom. The molecule has 0 N–H and O–H groups in total. The number of Topliss-reactive ketones (excluding diaryl/α,β-unsaturated/α-hetero) is 1. The van der Waals surface area contributed by atoms with Crippen LogP contribution in [0, 0.1) is 5.92 Å². The van der Waals surface area contributed by atoms with Gasteiger partial charge >= 0.3 is 0 Å². The van der Waals surface area contributed by atoms with Gasteiger partial charge in [0.15, 0.2) is 0 Å². The van der Waals surface area contributed by atoms with Gasteiger partial charge in [-0.25, -0.2) is 0 Å². The van der Waals surface area contributed by atoms with Gasteiger partial charge < -0.3 is 4.90 Å². The van der Waals surface area contributed by atoms with Gasteiger partial charge in [0.1, 0.15) is 5.78 Å². The number of carbonyl (C=O) groups is 1. The molecule has 2 aromatic carbocycles. The fraction of sp³-hybridized carbons (Fsp3) is 0.500. The van der Waals surface area contributed by atoms with Crippen LogP contribution in [0.5, 0.6) is 0 Å². The number of anilines is 1. The third-order valence-corrected chi connectivity index (χ3v) is 6.43. The summed E-state index contributed by atoms with van der Waals surface area (Å²) in [7, 11) is 0. The number of likely N-dealkylation sites (tertiary alicyclic amines) is 1. The highest BCUT2D eigenvalue weighted by Gasteiger charge is 2.22. The van der Waals surface area contributed by atoms with Gasteiger partial charge in [-0.05, 0) is 67.8 Å². The van der Waals surface area contributed by atoms with E-state index in [-0.39, 0.29) is 0 Å². The summed E-state index contributed by atoms with van der Waals surface area (Å²) in [5.74, 6) is 0.890. The minimum absolute atomic E-state index is 0.383. The third-order valence-electron chi connectivity index (χ3n) is 6.43. The molecule has 2 aromatic rings. The van der Waals surface area contributed by atoms with Crippen LogP contribution in [0.1, 0.15) is 49.7 Å². The highest BCUT2D eigenvalue weighted by atomic mass is 16.1. The molecule has 2 fully saturated rings. The largest absolute Gasteiger partial charge is 0.372 e. The fourth-order valence-corrected chi connectivity index (χ4v) is 4.90. The Morgan fingerprint density at radius 1 is 0.828 bits per heavy atom. The van der Waals surface area contributed by atoms with Crippen LogP contribution in [0.2, 0.25) is 0 Å². The Hall–Kier alpha value is -2.13. The maximum atomic E-state index is 12.5. The minimum Gasteiger partial charge on any atom is -0.372 e. The molecular formula is C26H34N2O. The number of benzene rings is 2. The van der Waals surface area contributed by atoms with E-state index in [0.29, 0.717) is 18.1 Å². The van der Waals surface area contributed by atoms with E-state index in [0.717, 1.165) is 31.6 Å². The molecule has 154 valence electrons. The number of rotatable bonds is 7. The SMILES string of the molecule is O=C(Cc1ccccc1)CC1CCCN(Cc2ccc(N3CCCCC3)cc2)C1. The Kier molecular flexibility index (Phi) is 7.00. The first kappa shape index (κ1) is 20.2. The van der Waals surface area contributed by atoms with Crippen molar-refractivity contribution in [3.63, 3.8) is 0 Å². The quantitative estimate of drug-likeness (QED) is 0.658. The summed E-state index contributed by atoms with van der Waals surface area (Å²) in [6.07, 6.45) is 7.70. The standard InChI is InChI=1S/C26H34N2O/c29-26(18-22-8-3-1-4-9-22)19-24-10-7-15-27(21-24)20-23-11-13-25(14-12-23)28-16-5-2-6-17-28/h1,3-4,8-9,11-14,24H,2,5-7,10,15-21H2. The maximum absolute atomic E-state index is 12.5. The van der Waals surface area contributed by atoms with E-state index in [1.54, 1.807) is 0 Å². The van der Waals surface area contributed by atoms with Crippen LogP contribution in [0.15, 0.2) is 54.6 Å². The van der Waals surface area contributed by atoms with Crippen molar-refractivity contribution in [1.29, 1.82) is 0 Å². The second kappa shape index (κ2) is 10.1. The number of nitrogens with zero attached hydrogens (tertiary/aromatic N) is 2. The summed E-state index contributed by atoms with van der Waals surface area (Å²) in [5.41, 5.74) is 3.90. The molecule has 0 aliphatic carbocycles. The molecule has 2 saturated heterocycles. The molecule has 3 heteroatoms. The van der Waals surface area contributed by atoms with Gasteiger partial charge in [-0.1, -0.05) is 42.5 Å². The monoisotopic (exact) mass is 390 g/mol. The molecule has 0 bridgehead atoms. The zero-order valence-corrected chi connectivity index (χ0v) is 17.6. The van der Waals surface area contributed by atoms with Crippen LogP contribution in [0.25, 0.3) is 0 Å². The molecule has 2 heterocycles. The van der Waals surface area contributed by atoms with Crippen molar-refractivity contribution >= 4 is 11.5 Å². The predicted molar refractivity (Wildman–Crippen MR) is 120 cm³/mol. The molecule has 0 radical (unpaired) electrons. The van der Waals surface area contributed by atoms with Gasteiger partial charge in [0.25, 0.3) is 0 Å². The number of carbonyl (C=O) groups excluding carboxylic acids is 1. The molecule has 4 rings (SSSR count). The average molecular weight is 391 g/mol. The van der Waals surface area contributed by atoms with Crippen molar-refractivity contribution in [2.24, 2.45) is 5.92 Å². The van der Waals surface area contributed by atoms with Gasteiger partial charge in [-0.3, -0.25) is 9.69 Å². The smallest absolute Gasteiger partial charge is 0.137 e. The summed E-state index contributed by atoms with van der Waals surface area (Å²) in [4.78, 5) is 17.6. The van der Waals surface area contributed by atoms with E-state index in [9.17, 15) is 4.79 Å². The van der Waals surface area contributed by atoms with Crippen LogP contribution >= 0.6 is 0 Å². The maximum Gasteiger partial charge on any atom is 0.137 e. The second-order valence-corrected chi connectivity index (χ2v) is 8.86. The highest BCUT2D eigenvalue weighted by molar-refractivity contribution is 5.81. The summed E-state index contributed by atoms with van der Waals surface area (Å²) in [6.45, 7) is 5.60. The zero-order chi connectivity index (χ0) is 19.9. The molecule has 3 nitrogen and oxygen atoms in total. The predicted octanol–water partition coefficient (Wildman–Crippen LogP) is 5.09. The van der Waals surface area contributed by atoms with Gasteiger partial charge in [-0.15, -0.1) is 0 Å². The van der Waals surface area contributed by atoms with E-state index < -0.39 is 0 Å². The van der Waals surface area contributed by atoms with Gasteiger partial charge in [0.05, 0.1) is 0 Å². The number of ketones is 1. The van der Waals surface area contributed by atoms with Crippen molar-refractivity contribution in [2.75, 3.05) is 31.1 Å². The van der Waals surface area contributed by atoms with Crippen molar-refractivity contribution < 1.29 is 4.79 Å². The normalized spacial score (nSPS) is 20.6. The summed E-state index contributed by atoms with van der Waals surface area (Å²) in [5, 5.41) is 0. The Balaban J connectivity index is 1.26. The lowest BCUT2D eigenvalue weighted by Crippen LogP contribution is -2.36. The first-order valence-corrected chi connectivity index (χ1v) is 11.4. The highest BCUT2D eigenvalue weighted by Crippen LogP contribution is 2.24. The lowest BCUT2D eigenvalue weighted by molar-refractivity contribution is -0.119. The molecule has 1 atom stereocenters. The van der Waals surface area contributed by atoms with E-state index in [1.807, 2.05) is 18.2 Å². The lowest BCUT2D eigenvalue weighted by atomic mass is 9.91. The van der Waals surface area contributed by atoms with Crippen LogP contribution < -0.4 is 4.90 Å². The summed E-state index contributed by atoms with van der Waals surface area (Å²) in [6, 6.07) is 19.3. The Bertz CT molecular complexity index is 765. The molecule has 0 spiro atoms. The average Bonchev–Trinajstić information content (AvgIpc) is 2.76. The van der Waals surface area contributed by atoms with Crippen LogP contribution in [0.3, 0.4) is 0 Å². The summed E-state index contributed by atoms with van der Waals surface area (Å²) < 4.78 is 0. The topological polar surface area (TPSA) is 23.6 Å². The zero-order valence-electron chi connectivity index (χ0n) is 17.6. The van der Waals surface area contributed by atoms with Crippen molar-refractivity contribution in [3.8, 4) is 0 Å². The first-order chi connectivity index (χ1) is 14.3. The number of piperidine rings is 2. The molecule has 29 heavy (non-hydrogen) atoms. The molecule has 2 aliphatic rings.